The first-order chi connectivity index (χ1) is 8.58. The van der Waals surface area contributed by atoms with E-state index in [1.165, 1.54) is 24.3 Å². The zero-order valence-corrected chi connectivity index (χ0v) is 10.1. The molecule has 0 radical (unpaired) electrons. The first-order valence-electron chi connectivity index (χ1n) is 5.85. The Morgan fingerprint density at radius 1 is 1.44 bits per heavy atom. The molecule has 1 aromatic rings. The molecule has 0 spiro atoms. The predicted molar refractivity (Wildman–Crippen MR) is 66.5 cm³/mol. The van der Waals surface area contributed by atoms with Crippen molar-refractivity contribution in [2.45, 2.75) is 13.0 Å². The van der Waals surface area contributed by atoms with Crippen molar-refractivity contribution in [2.24, 2.45) is 0 Å². The van der Waals surface area contributed by atoms with E-state index < -0.39 is 4.92 Å². The van der Waals surface area contributed by atoms with Crippen LogP contribution in [0.2, 0.25) is 0 Å². The van der Waals surface area contributed by atoms with Crippen molar-refractivity contribution in [1.82, 2.24) is 10.2 Å². The van der Waals surface area contributed by atoms with E-state index in [0.717, 1.165) is 6.54 Å². The van der Waals surface area contributed by atoms with Crippen molar-refractivity contribution >= 4 is 11.6 Å². The number of carbonyl (C=O) groups excluding carboxylic acids is 1. The Morgan fingerprint density at radius 3 is 2.67 bits per heavy atom. The average Bonchev–Trinajstić information content (AvgIpc) is 2.38. The van der Waals surface area contributed by atoms with Gasteiger partial charge in [0.25, 0.3) is 11.6 Å². The number of rotatable bonds is 2. The van der Waals surface area contributed by atoms with Gasteiger partial charge in [-0.15, -0.1) is 0 Å². The van der Waals surface area contributed by atoms with Crippen LogP contribution in [0.3, 0.4) is 0 Å². The molecule has 96 valence electrons. The third-order valence-corrected chi connectivity index (χ3v) is 2.98. The number of nitrogens with zero attached hydrogens (tertiary/aromatic N) is 2. The van der Waals surface area contributed by atoms with Crippen molar-refractivity contribution < 1.29 is 9.72 Å². The Kier molecular flexibility index (Phi) is 3.57. The van der Waals surface area contributed by atoms with Gasteiger partial charge >= 0.3 is 0 Å². The summed E-state index contributed by atoms with van der Waals surface area (Å²) in [6, 6.07) is 6.01. The normalized spacial score (nSPS) is 19.6. The van der Waals surface area contributed by atoms with Crippen molar-refractivity contribution in [3.63, 3.8) is 0 Å². The van der Waals surface area contributed by atoms with Crippen molar-refractivity contribution in [3.05, 3.63) is 39.9 Å². The predicted octanol–water partition coefficient (Wildman–Crippen LogP) is 1.03. The molecule has 6 heteroatoms. The topological polar surface area (TPSA) is 75.5 Å². The van der Waals surface area contributed by atoms with Crippen LogP contribution in [-0.4, -0.2) is 41.4 Å². The Balaban J connectivity index is 2.10. The number of nitro groups is 1. The largest absolute Gasteiger partial charge is 0.336 e. The van der Waals surface area contributed by atoms with Crippen LogP contribution in [0.5, 0.6) is 0 Å². The van der Waals surface area contributed by atoms with Crippen LogP contribution in [0.25, 0.3) is 0 Å². The third-order valence-electron chi connectivity index (χ3n) is 2.98. The molecule has 6 nitrogen and oxygen atoms in total. The minimum atomic E-state index is -0.471. The Morgan fingerprint density at radius 2 is 2.11 bits per heavy atom. The van der Waals surface area contributed by atoms with E-state index >= 15 is 0 Å². The molecule has 1 saturated heterocycles. The quantitative estimate of drug-likeness (QED) is 0.627. The van der Waals surface area contributed by atoms with E-state index in [9.17, 15) is 14.9 Å². The number of hydrogen-bond donors (Lipinski definition) is 1. The molecular formula is C12H15N3O3. The molecule has 1 aliphatic rings. The zero-order valence-electron chi connectivity index (χ0n) is 10.1. The molecule has 0 unspecified atom stereocenters. The maximum atomic E-state index is 12.2. The second kappa shape index (κ2) is 5.14. The average molecular weight is 249 g/mol. The third kappa shape index (κ3) is 2.65. The first-order valence-corrected chi connectivity index (χ1v) is 5.85. The van der Waals surface area contributed by atoms with E-state index in [1.54, 1.807) is 4.90 Å². The highest BCUT2D eigenvalue weighted by Gasteiger charge is 2.21. The fourth-order valence-corrected chi connectivity index (χ4v) is 2.03. The van der Waals surface area contributed by atoms with Gasteiger partial charge in [-0.05, 0) is 19.1 Å². The number of amides is 1. The van der Waals surface area contributed by atoms with E-state index in [-0.39, 0.29) is 17.6 Å². The molecule has 1 fully saturated rings. The second-order valence-corrected chi connectivity index (χ2v) is 4.41. The molecule has 1 aromatic carbocycles. The number of nitrogens with one attached hydrogen (secondary N) is 1. The summed E-state index contributed by atoms with van der Waals surface area (Å²) in [4.78, 5) is 24.0. The number of nitro benzene ring substituents is 1. The smallest absolute Gasteiger partial charge is 0.269 e. The van der Waals surface area contributed by atoms with Crippen molar-refractivity contribution in [1.29, 1.82) is 0 Å². The lowest BCUT2D eigenvalue weighted by atomic mass is 10.1. The summed E-state index contributed by atoms with van der Waals surface area (Å²) >= 11 is 0. The highest BCUT2D eigenvalue weighted by atomic mass is 16.6. The molecule has 2 rings (SSSR count). The van der Waals surface area contributed by atoms with Gasteiger partial charge in [-0.2, -0.15) is 0 Å². The first kappa shape index (κ1) is 12.5. The van der Waals surface area contributed by atoms with Crippen molar-refractivity contribution in [3.8, 4) is 0 Å². The molecule has 1 heterocycles. The van der Waals surface area contributed by atoms with Crippen LogP contribution in [-0.2, 0) is 0 Å². The molecule has 1 amide bonds. The van der Waals surface area contributed by atoms with Gasteiger partial charge < -0.3 is 10.2 Å². The van der Waals surface area contributed by atoms with Crippen LogP contribution in [0.15, 0.2) is 24.3 Å². The van der Waals surface area contributed by atoms with Crippen LogP contribution in [0.4, 0.5) is 5.69 Å². The number of piperazine rings is 1. The van der Waals surface area contributed by atoms with Gasteiger partial charge in [-0.1, -0.05) is 0 Å². The number of carbonyl (C=O) groups is 1. The SMILES string of the molecule is C[C@@H]1CN(C(=O)c2ccc([N+](=O)[O-])cc2)CCN1. The van der Waals surface area contributed by atoms with Crippen molar-refractivity contribution in [2.75, 3.05) is 19.6 Å². The summed E-state index contributed by atoms with van der Waals surface area (Å²) in [6.07, 6.45) is 0. The molecule has 18 heavy (non-hydrogen) atoms. The Hall–Kier alpha value is -1.95. The summed E-state index contributed by atoms with van der Waals surface area (Å²) in [5.41, 5.74) is 0.495. The number of non-ortho nitro benzene ring substituents is 1. The fourth-order valence-electron chi connectivity index (χ4n) is 2.03. The van der Waals surface area contributed by atoms with E-state index in [1.807, 2.05) is 6.92 Å². The van der Waals surface area contributed by atoms with Gasteiger partial charge in [0.2, 0.25) is 0 Å². The molecular weight excluding hydrogens is 234 g/mol. The Bertz CT molecular complexity index is 458. The highest BCUT2D eigenvalue weighted by molar-refractivity contribution is 5.94. The molecule has 0 aliphatic carbocycles. The minimum absolute atomic E-state index is 0.000212. The Labute approximate surface area is 105 Å². The zero-order chi connectivity index (χ0) is 13.1. The summed E-state index contributed by atoms with van der Waals surface area (Å²) < 4.78 is 0. The minimum Gasteiger partial charge on any atom is -0.336 e. The van der Waals surface area contributed by atoms with Gasteiger partial charge in [0.05, 0.1) is 4.92 Å². The molecule has 1 N–H and O–H groups in total. The standard InChI is InChI=1S/C12H15N3O3/c1-9-8-14(7-6-13-9)12(16)10-2-4-11(5-3-10)15(17)18/h2-5,9,13H,6-8H2,1H3/t9-/m1/s1. The molecule has 0 saturated carbocycles. The monoisotopic (exact) mass is 249 g/mol. The van der Waals surface area contributed by atoms with Gasteiger partial charge in [-0.25, -0.2) is 0 Å². The summed E-state index contributed by atoms with van der Waals surface area (Å²) in [5.74, 6) is -0.0711. The van der Waals surface area contributed by atoms with E-state index in [4.69, 9.17) is 0 Å². The maximum absolute atomic E-state index is 12.2. The fraction of sp³-hybridized carbons (Fsp3) is 0.417. The summed E-state index contributed by atoms with van der Waals surface area (Å²) in [7, 11) is 0. The summed E-state index contributed by atoms with van der Waals surface area (Å²) in [5, 5.41) is 13.8. The second-order valence-electron chi connectivity index (χ2n) is 4.41. The molecule has 0 bridgehead atoms. The van der Waals surface area contributed by atoms with E-state index in [0.29, 0.717) is 18.7 Å². The lowest BCUT2D eigenvalue weighted by Crippen LogP contribution is -2.51. The van der Waals surface area contributed by atoms with Crippen LogP contribution >= 0.6 is 0 Å². The lowest BCUT2D eigenvalue weighted by molar-refractivity contribution is -0.384. The lowest BCUT2D eigenvalue weighted by Gasteiger charge is -2.31. The number of hydrogen-bond acceptors (Lipinski definition) is 4. The van der Waals surface area contributed by atoms with Crippen LogP contribution in [0, 0.1) is 10.1 Å². The van der Waals surface area contributed by atoms with Crippen LogP contribution in [0.1, 0.15) is 17.3 Å². The maximum Gasteiger partial charge on any atom is 0.269 e. The summed E-state index contributed by atoms with van der Waals surface area (Å²) in [6.45, 7) is 4.13. The van der Waals surface area contributed by atoms with Crippen LogP contribution < -0.4 is 5.32 Å². The van der Waals surface area contributed by atoms with E-state index in [2.05, 4.69) is 5.32 Å². The highest BCUT2D eigenvalue weighted by Crippen LogP contribution is 2.14. The van der Waals surface area contributed by atoms with Gasteiger partial charge in [-0.3, -0.25) is 14.9 Å². The molecule has 1 aliphatic heterocycles. The molecule has 0 aromatic heterocycles. The number of benzene rings is 1. The van der Waals surface area contributed by atoms with Gasteiger partial charge in [0.1, 0.15) is 0 Å². The molecule has 1 atom stereocenters. The van der Waals surface area contributed by atoms with Gasteiger partial charge in [0, 0.05) is 43.4 Å². The van der Waals surface area contributed by atoms with Gasteiger partial charge in [0.15, 0.2) is 0 Å².